The van der Waals surface area contributed by atoms with Crippen LogP contribution in [0.4, 0.5) is 0 Å². The van der Waals surface area contributed by atoms with E-state index in [1.54, 1.807) is 0 Å². The van der Waals surface area contributed by atoms with Crippen LogP contribution in [0.15, 0.2) is 12.2 Å². The predicted octanol–water partition coefficient (Wildman–Crippen LogP) is -3.72. The average Bonchev–Trinajstić information content (AvgIpc) is 1.62. The van der Waals surface area contributed by atoms with E-state index in [2.05, 4.69) is 46.8 Å². The van der Waals surface area contributed by atoms with Crippen LogP contribution in [0.3, 0.4) is 0 Å². The van der Waals surface area contributed by atoms with Gasteiger partial charge in [0.15, 0.2) is 31.5 Å². The monoisotopic (exact) mass is 1250 g/mol. The zero-order chi connectivity index (χ0) is 63.2. The summed E-state index contributed by atoms with van der Waals surface area (Å²) >= 11 is 0. The number of fused-ring (bicyclic) bond motifs is 4. The van der Waals surface area contributed by atoms with Gasteiger partial charge in [-0.3, -0.25) is 0 Å². The van der Waals surface area contributed by atoms with E-state index in [1.807, 2.05) is 6.92 Å². The van der Waals surface area contributed by atoms with Gasteiger partial charge in [-0.2, -0.15) is 0 Å². The van der Waals surface area contributed by atoms with E-state index in [0.29, 0.717) is 38.7 Å². The van der Waals surface area contributed by atoms with Gasteiger partial charge in [-0.1, -0.05) is 53.7 Å². The van der Waals surface area contributed by atoms with Crippen molar-refractivity contribution in [3.8, 4) is 0 Å². The van der Waals surface area contributed by atoms with Crippen molar-refractivity contribution in [1.29, 1.82) is 0 Å². The van der Waals surface area contributed by atoms with E-state index in [1.165, 1.54) is 13.8 Å². The molecule has 87 heavy (non-hydrogen) atoms. The third-order valence-corrected chi connectivity index (χ3v) is 24.2. The molecule has 500 valence electrons. The first-order chi connectivity index (χ1) is 40.9. The Morgan fingerprint density at radius 1 is 0.448 bits per heavy atom. The Morgan fingerprint density at radius 3 is 1.55 bits per heavy atom. The van der Waals surface area contributed by atoms with Crippen molar-refractivity contribution in [2.24, 2.45) is 50.2 Å². The number of ether oxygens (including phenoxy) is 11. The van der Waals surface area contributed by atoms with Gasteiger partial charge in [0.1, 0.15) is 110 Å². The molecule has 5 aliphatic carbocycles. The molecule has 6 heterocycles. The molecular weight excluding hydrogens is 1150 g/mol. The molecule has 16 N–H and O–H groups in total. The second kappa shape index (κ2) is 24.1. The van der Waals surface area contributed by atoms with E-state index in [0.717, 1.165) is 19.3 Å². The molecular formula is C60H98O27. The number of rotatable bonds is 14. The highest BCUT2D eigenvalue weighted by atomic mass is 16.8. The molecule has 0 aromatic rings. The Morgan fingerprint density at radius 2 is 0.954 bits per heavy atom. The molecule has 0 radical (unpaired) electrons. The third kappa shape index (κ3) is 10.4. The zero-order valence-corrected chi connectivity index (χ0v) is 50.8. The summed E-state index contributed by atoms with van der Waals surface area (Å²) in [4.78, 5) is 0. The topological polar surface area (TPSA) is 425 Å². The highest BCUT2D eigenvalue weighted by Gasteiger charge is 2.80. The highest BCUT2D eigenvalue weighted by Crippen LogP contribution is 2.79. The molecule has 6 saturated heterocycles. The van der Waals surface area contributed by atoms with Gasteiger partial charge in [-0.25, -0.2) is 0 Å². The molecule has 4 saturated carbocycles. The van der Waals surface area contributed by atoms with E-state index >= 15 is 0 Å². The molecule has 0 aromatic carbocycles. The lowest BCUT2D eigenvalue weighted by atomic mass is 9.32. The van der Waals surface area contributed by atoms with Gasteiger partial charge in [0, 0.05) is 22.2 Å². The van der Waals surface area contributed by atoms with Crippen molar-refractivity contribution < 1.29 is 134 Å². The van der Waals surface area contributed by atoms with Crippen LogP contribution in [0, 0.1) is 50.2 Å². The van der Waals surface area contributed by atoms with Crippen LogP contribution < -0.4 is 0 Å². The van der Waals surface area contributed by atoms with Gasteiger partial charge in [0.25, 0.3) is 0 Å². The maximum atomic E-state index is 12.1. The summed E-state index contributed by atoms with van der Waals surface area (Å²) in [5.41, 5.74) is -3.95. The first-order valence-corrected chi connectivity index (χ1v) is 31.3. The largest absolute Gasteiger partial charge is 0.396 e. The number of allylic oxidation sites excluding steroid dienone is 1. The maximum Gasteiger partial charge on any atom is 0.187 e. The van der Waals surface area contributed by atoms with Gasteiger partial charge < -0.3 is 134 Å². The Balaban J connectivity index is 0.886. The summed E-state index contributed by atoms with van der Waals surface area (Å²) in [6.07, 6.45) is -32.7. The predicted molar refractivity (Wildman–Crippen MR) is 293 cm³/mol. The van der Waals surface area contributed by atoms with Crippen LogP contribution in [0.5, 0.6) is 0 Å². The summed E-state index contributed by atoms with van der Waals surface area (Å²) in [6.45, 7) is 14.0. The molecule has 36 atom stereocenters. The van der Waals surface area contributed by atoms with Gasteiger partial charge in [-0.05, 0) is 93.3 Å². The van der Waals surface area contributed by atoms with Crippen molar-refractivity contribution in [1.82, 2.24) is 0 Å². The van der Waals surface area contributed by atoms with E-state index in [-0.39, 0.29) is 29.8 Å². The molecule has 1 spiro atoms. The minimum atomic E-state index is -2.05. The van der Waals surface area contributed by atoms with Gasteiger partial charge >= 0.3 is 0 Å². The Labute approximate surface area is 505 Å². The van der Waals surface area contributed by atoms with Gasteiger partial charge in [0.2, 0.25) is 0 Å². The Bertz CT molecular complexity index is 2420. The number of aliphatic hydroxyl groups excluding tert-OH is 16. The van der Waals surface area contributed by atoms with Crippen molar-refractivity contribution in [2.45, 2.75) is 278 Å². The molecule has 27 nitrogen and oxygen atoms in total. The third-order valence-electron chi connectivity index (χ3n) is 24.2. The van der Waals surface area contributed by atoms with Crippen LogP contribution in [0.1, 0.15) is 107 Å². The SMILES string of the molecule is CC1OC(OC2C(CO)OC(OC3C(O)C(C)OC(OC4CCC5(C)C(CCC6(C)C5C=CC57OCC8(CCC(C)(C)CC85)C(OC5OC(CO)C(O)C(O)C5O)CC67C)C4(C)CO)C3OC3OC(CO)C(O)C(O)C3O)C(O)C2O)C(O)C(O)C1O. The fraction of sp³-hybridized carbons (Fsp3) is 0.967. The van der Waals surface area contributed by atoms with Crippen LogP contribution in [0.25, 0.3) is 0 Å². The molecule has 6 aliphatic heterocycles. The summed E-state index contributed by atoms with van der Waals surface area (Å²) in [6, 6.07) is 0. The minimum absolute atomic E-state index is 0.0241. The van der Waals surface area contributed by atoms with Crippen molar-refractivity contribution >= 4 is 0 Å². The summed E-state index contributed by atoms with van der Waals surface area (Å²) < 4.78 is 69.9. The standard InChI is InChI=1S/C60H98O27/c1-24-34(65)38(69)42(73)49(78-24)85-46-28(21-63)82-52(45(76)41(46)72)86-47-35(66)25(2)79-53(48(47)87-51-44(75)40(71)37(68)27(20-62)81-51)83-32-11-12-55(5)29(56(32,6)22-64)9-13-57(7)30(55)10-14-60-31-17-54(3,4)15-16-59(31,23-77-60)33(18-58(57,60)8)84-50-43(74)39(70)36(67)26(19-61)80-50/h10,14,24-53,61-76H,9,11-13,15-23H2,1-8H3. The molecule has 11 aliphatic rings. The van der Waals surface area contributed by atoms with Crippen molar-refractivity contribution in [2.75, 3.05) is 33.0 Å². The van der Waals surface area contributed by atoms with E-state index < -0.39 is 218 Å². The molecule has 2 bridgehead atoms. The lowest BCUT2D eigenvalue weighted by Crippen LogP contribution is -2.73. The molecule has 10 fully saturated rings. The number of aliphatic hydroxyl groups is 16. The second-order valence-electron chi connectivity index (χ2n) is 29.4. The molecule has 11 rings (SSSR count). The Hall–Kier alpha value is -1.34. The highest BCUT2D eigenvalue weighted by molar-refractivity contribution is 5.36. The quantitative estimate of drug-likeness (QED) is 0.0587. The van der Waals surface area contributed by atoms with Crippen LogP contribution in [-0.2, 0) is 52.1 Å². The van der Waals surface area contributed by atoms with E-state index in [9.17, 15) is 81.7 Å². The van der Waals surface area contributed by atoms with Crippen LogP contribution in [-0.4, -0.2) is 286 Å². The van der Waals surface area contributed by atoms with Crippen LogP contribution >= 0.6 is 0 Å². The molecule has 0 aromatic heterocycles. The summed E-state index contributed by atoms with van der Waals surface area (Å²) in [5, 5.41) is 176. The first kappa shape index (κ1) is 67.1. The average molecular weight is 1250 g/mol. The summed E-state index contributed by atoms with van der Waals surface area (Å²) in [7, 11) is 0. The lowest BCUT2D eigenvalue weighted by Gasteiger charge is -2.73. The lowest BCUT2D eigenvalue weighted by molar-refractivity contribution is -0.403. The normalized spacial score (nSPS) is 58.2. The fourth-order valence-corrected chi connectivity index (χ4v) is 18.7. The van der Waals surface area contributed by atoms with Gasteiger partial charge in [0.05, 0.1) is 63.1 Å². The van der Waals surface area contributed by atoms with Crippen molar-refractivity contribution in [3.63, 3.8) is 0 Å². The Kier molecular flexibility index (Phi) is 18.6. The minimum Gasteiger partial charge on any atom is -0.396 e. The smallest absolute Gasteiger partial charge is 0.187 e. The second-order valence-corrected chi connectivity index (χ2v) is 29.4. The van der Waals surface area contributed by atoms with E-state index in [4.69, 9.17) is 52.1 Å². The summed E-state index contributed by atoms with van der Waals surface area (Å²) in [5.74, 6) is -0.389. The first-order valence-electron chi connectivity index (χ1n) is 31.3. The van der Waals surface area contributed by atoms with Crippen molar-refractivity contribution in [3.05, 3.63) is 12.2 Å². The fourth-order valence-electron chi connectivity index (χ4n) is 18.7. The maximum absolute atomic E-state index is 12.1. The molecule has 0 amide bonds. The zero-order valence-electron chi connectivity index (χ0n) is 50.8. The molecule has 27 heteroatoms. The van der Waals surface area contributed by atoms with Gasteiger partial charge in [-0.15, -0.1) is 0 Å². The number of hydrogen-bond donors (Lipinski definition) is 16. The number of hydrogen-bond acceptors (Lipinski definition) is 27. The molecule has 36 unspecified atom stereocenters. The van der Waals surface area contributed by atoms with Crippen LogP contribution in [0.2, 0.25) is 0 Å².